The summed E-state index contributed by atoms with van der Waals surface area (Å²) in [4.78, 5) is 37.6. The molecule has 9 heteroatoms. The van der Waals surface area contributed by atoms with Crippen LogP contribution >= 0.6 is 15.2 Å². The molecule has 1 heterocycles. The van der Waals surface area contributed by atoms with Crippen molar-refractivity contribution in [2.45, 2.75) is 31.2 Å². The van der Waals surface area contributed by atoms with Gasteiger partial charge in [-0.1, -0.05) is 0 Å². The predicted octanol–water partition coefficient (Wildman–Crippen LogP) is 0.501. The highest BCUT2D eigenvalue weighted by Crippen LogP contribution is 2.63. The van der Waals surface area contributed by atoms with E-state index >= 15 is 0 Å². The molecule has 4 N–H and O–H groups in total. The number of likely N-dealkylation sites (tertiary alicyclic amines) is 1. The Morgan fingerprint density at radius 1 is 0.882 bits per heavy atom. The van der Waals surface area contributed by atoms with Crippen molar-refractivity contribution in [3.05, 3.63) is 0 Å². The van der Waals surface area contributed by atoms with Crippen molar-refractivity contribution in [1.82, 2.24) is 4.90 Å². The lowest BCUT2D eigenvalue weighted by molar-refractivity contribution is 0.155. The topological polar surface area (TPSA) is 118 Å². The first-order valence-electron chi connectivity index (χ1n) is 5.49. The molecule has 0 aromatic carbocycles. The SMILES string of the molecule is O=P(O)(O)C(N1CCC2(CC1)CC2)P(=O)(O)O. The first-order valence-corrected chi connectivity index (χ1v) is 8.85. The van der Waals surface area contributed by atoms with E-state index in [2.05, 4.69) is 0 Å². The molecule has 0 aromatic rings. The molecule has 1 aliphatic heterocycles. The van der Waals surface area contributed by atoms with Gasteiger partial charge in [0.25, 0.3) is 0 Å². The first-order chi connectivity index (χ1) is 7.64. The number of hydrogen-bond acceptors (Lipinski definition) is 3. The summed E-state index contributed by atoms with van der Waals surface area (Å²) in [5.41, 5.74) is -1.67. The summed E-state index contributed by atoms with van der Waals surface area (Å²) in [6.07, 6.45) is 3.78. The quantitative estimate of drug-likeness (QED) is 0.557. The van der Waals surface area contributed by atoms with Crippen LogP contribution in [0.1, 0.15) is 25.7 Å². The van der Waals surface area contributed by atoms with Crippen molar-refractivity contribution >= 4 is 15.2 Å². The maximum atomic E-state index is 11.2. The molecular weight excluding hydrogens is 268 g/mol. The van der Waals surface area contributed by atoms with Crippen LogP contribution in [-0.2, 0) is 9.13 Å². The van der Waals surface area contributed by atoms with E-state index in [1.807, 2.05) is 0 Å². The summed E-state index contributed by atoms with van der Waals surface area (Å²) >= 11 is 0. The van der Waals surface area contributed by atoms with E-state index in [4.69, 9.17) is 19.6 Å². The minimum Gasteiger partial charge on any atom is -0.323 e. The van der Waals surface area contributed by atoms with Crippen LogP contribution in [0, 0.1) is 5.41 Å². The third-order valence-electron chi connectivity index (χ3n) is 3.74. The van der Waals surface area contributed by atoms with E-state index < -0.39 is 20.7 Å². The Bertz CT molecular complexity index is 365. The van der Waals surface area contributed by atoms with Crippen molar-refractivity contribution in [2.24, 2.45) is 5.41 Å². The highest BCUT2D eigenvalue weighted by Gasteiger charge is 2.52. The molecule has 100 valence electrons. The molecule has 1 saturated carbocycles. The molecule has 1 saturated heterocycles. The van der Waals surface area contributed by atoms with Crippen LogP contribution in [0.15, 0.2) is 0 Å². The third kappa shape index (κ3) is 2.99. The van der Waals surface area contributed by atoms with Gasteiger partial charge in [0, 0.05) is 13.1 Å². The van der Waals surface area contributed by atoms with Gasteiger partial charge in [0.1, 0.15) is 0 Å². The summed E-state index contributed by atoms with van der Waals surface area (Å²) in [5.74, 6) is 0. The van der Waals surface area contributed by atoms with Crippen LogP contribution in [0.3, 0.4) is 0 Å². The highest BCUT2D eigenvalue weighted by molar-refractivity contribution is 7.70. The van der Waals surface area contributed by atoms with Crippen LogP contribution in [0.5, 0.6) is 0 Å². The Morgan fingerprint density at radius 3 is 1.59 bits per heavy atom. The highest BCUT2D eigenvalue weighted by atomic mass is 31.2. The largest absolute Gasteiger partial charge is 0.354 e. The Hall–Kier alpha value is 0.260. The maximum Gasteiger partial charge on any atom is 0.354 e. The van der Waals surface area contributed by atoms with Crippen molar-refractivity contribution in [3.63, 3.8) is 0 Å². The molecule has 2 aliphatic rings. The first kappa shape index (κ1) is 13.7. The molecule has 17 heavy (non-hydrogen) atoms. The minimum absolute atomic E-state index is 0.296. The van der Waals surface area contributed by atoms with Crippen LogP contribution in [-0.4, -0.2) is 43.1 Å². The fraction of sp³-hybridized carbons (Fsp3) is 1.00. The van der Waals surface area contributed by atoms with Gasteiger partial charge in [0.05, 0.1) is 0 Å². The monoisotopic (exact) mass is 285 g/mol. The maximum absolute atomic E-state index is 11.2. The lowest BCUT2D eigenvalue weighted by Crippen LogP contribution is -2.41. The van der Waals surface area contributed by atoms with Crippen molar-refractivity contribution < 1.29 is 28.7 Å². The predicted molar refractivity (Wildman–Crippen MR) is 60.4 cm³/mol. The van der Waals surface area contributed by atoms with Gasteiger partial charge in [-0.05, 0) is 31.1 Å². The molecule has 0 bridgehead atoms. The second-order valence-electron chi connectivity index (χ2n) is 5.06. The van der Waals surface area contributed by atoms with Crippen LogP contribution in [0.4, 0.5) is 0 Å². The van der Waals surface area contributed by atoms with E-state index in [0.29, 0.717) is 18.5 Å². The molecule has 2 fully saturated rings. The summed E-state index contributed by atoms with van der Waals surface area (Å²) in [7, 11) is -9.65. The van der Waals surface area contributed by atoms with Gasteiger partial charge in [-0.25, -0.2) is 0 Å². The summed E-state index contributed by atoms with van der Waals surface area (Å²) in [5, 5.41) is 0. The van der Waals surface area contributed by atoms with Gasteiger partial charge in [0.15, 0.2) is 0 Å². The lowest BCUT2D eigenvalue weighted by atomic mass is 9.94. The second kappa shape index (κ2) is 4.14. The number of piperidine rings is 1. The summed E-state index contributed by atoms with van der Waals surface area (Å²) < 4.78 is 22.4. The number of nitrogens with zero attached hydrogens (tertiary/aromatic N) is 1. The van der Waals surface area contributed by atoms with Crippen LogP contribution < -0.4 is 0 Å². The molecule has 0 aromatic heterocycles. The van der Waals surface area contributed by atoms with Gasteiger partial charge in [-0.3, -0.25) is 14.0 Å². The Morgan fingerprint density at radius 2 is 1.29 bits per heavy atom. The number of hydrogen-bond donors (Lipinski definition) is 4. The summed E-state index contributed by atoms with van der Waals surface area (Å²) in [6, 6.07) is 0. The fourth-order valence-electron chi connectivity index (χ4n) is 2.53. The molecule has 1 spiro atoms. The molecule has 0 amide bonds. The Kier molecular flexibility index (Phi) is 3.33. The van der Waals surface area contributed by atoms with Crippen molar-refractivity contribution in [2.75, 3.05) is 13.1 Å². The molecular formula is C8H17NO6P2. The summed E-state index contributed by atoms with van der Waals surface area (Å²) in [6.45, 7) is 0.696. The Balaban J connectivity index is 2.12. The van der Waals surface area contributed by atoms with Gasteiger partial charge >= 0.3 is 15.2 Å². The van der Waals surface area contributed by atoms with Gasteiger partial charge < -0.3 is 19.6 Å². The Labute approximate surface area is 99.1 Å². The van der Waals surface area contributed by atoms with E-state index in [0.717, 1.165) is 25.7 Å². The number of rotatable bonds is 3. The van der Waals surface area contributed by atoms with Crippen molar-refractivity contribution in [3.8, 4) is 0 Å². The van der Waals surface area contributed by atoms with Crippen LogP contribution in [0.25, 0.3) is 0 Å². The fourth-order valence-corrected chi connectivity index (χ4v) is 5.41. The molecule has 0 atom stereocenters. The zero-order valence-electron chi connectivity index (χ0n) is 9.27. The van der Waals surface area contributed by atoms with Gasteiger partial charge in [0.2, 0.25) is 5.52 Å². The smallest absolute Gasteiger partial charge is 0.323 e. The normalized spacial score (nSPS) is 25.5. The zero-order chi connectivity index (χ0) is 12.9. The second-order valence-corrected chi connectivity index (χ2v) is 8.80. The van der Waals surface area contributed by atoms with Crippen molar-refractivity contribution in [1.29, 1.82) is 0 Å². The zero-order valence-corrected chi connectivity index (χ0v) is 11.1. The molecule has 7 nitrogen and oxygen atoms in total. The minimum atomic E-state index is -4.82. The molecule has 1 aliphatic carbocycles. The van der Waals surface area contributed by atoms with Crippen LogP contribution in [0.2, 0.25) is 0 Å². The van der Waals surface area contributed by atoms with E-state index in [-0.39, 0.29) is 0 Å². The molecule has 0 radical (unpaired) electrons. The lowest BCUT2D eigenvalue weighted by Gasteiger charge is -2.37. The van der Waals surface area contributed by atoms with Gasteiger partial charge in [-0.2, -0.15) is 0 Å². The molecule has 0 unspecified atom stereocenters. The van der Waals surface area contributed by atoms with E-state index in [1.54, 1.807) is 0 Å². The van der Waals surface area contributed by atoms with E-state index in [9.17, 15) is 9.13 Å². The van der Waals surface area contributed by atoms with E-state index in [1.165, 1.54) is 4.90 Å². The molecule has 2 rings (SSSR count). The third-order valence-corrected chi connectivity index (χ3v) is 7.41. The average molecular weight is 285 g/mol. The average Bonchev–Trinajstić information content (AvgIpc) is 2.85. The van der Waals surface area contributed by atoms with Gasteiger partial charge in [-0.15, -0.1) is 0 Å². The standard InChI is InChI=1S/C8H17NO6P2/c10-16(11,12)7(17(13,14)15)9-5-3-8(1-2-8)4-6-9/h7H,1-6H2,(H2,10,11,12)(H2,13,14,15).